The largest absolute Gasteiger partial charge is 0.493 e. The molecule has 0 aromatic heterocycles. The van der Waals surface area contributed by atoms with Gasteiger partial charge in [-0.25, -0.2) is 0 Å². The van der Waals surface area contributed by atoms with Gasteiger partial charge < -0.3 is 25.4 Å². The van der Waals surface area contributed by atoms with Gasteiger partial charge in [0, 0.05) is 18.0 Å². The van der Waals surface area contributed by atoms with Crippen LogP contribution >= 0.6 is 0 Å². The van der Waals surface area contributed by atoms with Gasteiger partial charge in [-0.3, -0.25) is 19.3 Å². The lowest BCUT2D eigenvalue weighted by Gasteiger charge is -2.32. The van der Waals surface area contributed by atoms with Crippen molar-refractivity contribution >= 4 is 17.7 Å². The molecular weight excluding hydrogens is 476 g/mol. The van der Waals surface area contributed by atoms with Gasteiger partial charge in [-0.2, -0.15) is 0 Å². The number of hydrogen-bond donors (Lipinski definition) is 3. The summed E-state index contributed by atoms with van der Waals surface area (Å²) in [5.74, 6) is -0.116. The first-order valence-electron chi connectivity index (χ1n) is 12.5. The number of piperidine rings is 1. The smallest absolute Gasteiger partial charge is 0.321 e. The number of carboxylic acid groups (broad SMARTS) is 2. The number of rotatable bonds is 9. The first kappa shape index (κ1) is 28.1. The first-order valence-corrected chi connectivity index (χ1v) is 12.5. The number of carbonyl (C=O) groups excluding carboxylic acids is 1. The van der Waals surface area contributed by atoms with Gasteiger partial charge in [-0.05, 0) is 68.0 Å². The molecule has 1 fully saturated rings. The average Bonchev–Trinajstić information content (AvgIpc) is 3.18. The van der Waals surface area contributed by atoms with E-state index in [1.165, 1.54) is 18.4 Å². The van der Waals surface area contributed by atoms with E-state index in [1.54, 1.807) is 14.2 Å². The number of likely N-dealkylation sites (tertiary alicyclic amines) is 1. The standard InChI is InChI=1S/C24H29NO3.C4H7NO4/c1-27-22-14-19-13-20(24(26)21(19)15-23(22)28-2)12-17-8-10-25(11-9-17)16-18-6-4-3-5-7-18;5-2(4(8)9)1-3(6)7/h3-7,14-15,17,20H,8-13,16H2,1-2H3;2H,1,5H2,(H,6,7)(H,8,9)/t;2-/m.0/s1. The van der Waals surface area contributed by atoms with Crippen LogP contribution in [0.1, 0.15) is 47.2 Å². The van der Waals surface area contributed by atoms with E-state index in [1.807, 2.05) is 12.1 Å². The molecule has 9 nitrogen and oxygen atoms in total. The third kappa shape index (κ3) is 7.77. The number of carbonyl (C=O) groups is 3. The Labute approximate surface area is 217 Å². The summed E-state index contributed by atoms with van der Waals surface area (Å²) in [7, 11) is 3.26. The van der Waals surface area contributed by atoms with Gasteiger partial charge in [0.1, 0.15) is 6.04 Å². The second-order valence-corrected chi connectivity index (χ2v) is 9.61. The zero-order valence-electron chi connectivity index (χ0n) is 21.4. The third-order valence-electron chi connectivity index (χ3n) is 7.00. The summed E-state index contributed by atoms with van der Waals surface area (Å²) in [6.45, 7) is 3.27. The van der Waals surface area contributed by atoms with Crippen LogP contribution < -0.4 is 15.2 Å². The fourth-order valence-electron chi connectivity index (χ4n) is 4.99. The Morgan fingerprint density at radius 3 is 2.22 bits per heavy atom. The minimum absolute atomic E-state index is 0.109. The fraction of sp³-hybridized carbons (Fsp3) is 0.464. The zero-order valence-corrected chi connectivity index (χ0v) is 21.4. The highest BCUT2D eigenvalue weighted by Gasteiger charge is 2.34. The third-order valence-corrected chi connectivity index (χ3v) is 7.00. The summed E-state index contributed by atoms with van der Waals surface area (Å²) >= 11 is 0. The van der Waals surface area contributed by atoms with E-state index in [0.29, 0.717) is 17.4 Å². The van der Waals surface area contributed by atoms with Crippen molar-refractivity contribution in [1.29, 1.82) is 0 Å². The quantitative estimate of drug-likeness (QED) is 0.462. The molecule has 9 heteroatoms. The summed E-state index contributed by atoms with van der Waals surface area (Å²) in [4.78, 5) is 35.1. The van der Waals surface area contributed by atoms with E-state index < -0.39 is 24.4 Å². The molecule has 4 N–H and O–H groups in total. The van der Waals surface area contributed by atoms with Crippen LogP contribution in [0.2, 0.25) is 0 Å². The maximum absolute atomic E-state index is 12.9. The summed E-state index contributed by atoms with van der Waals surface area (Å²) in [5.41, 5.74) is 8.15. The Hall–Kier alpha value is -3.43. The van der Waals surface area contributed by atoms with Gasteiger partial charge in [-0.1, -0.05) is 30.3 Å². The highest BCUT2D eigenvalue weighted by molar-refractivity contribution is 6.02. The van der Waals surface area contributed by atoms with Crippen molar-refractivity contribution in [3.05, 3.63) is 59.2 Å². The molecule has 1 saturated heterocycles. The van der Waals surface area contributed by atoms with Gasteiger partial charge >= 0.3 is 11.9 Å². The molecule has 200 valence electrons. The van der Waals surface area contributed by atoms with E-state index >= 15 is 0 Å². The lowest BCUT2D eigenvalue weighted by atomic mass is 9.85. The molecule has 0 spiro atoms. The molecule has 0 bridgehead atoms. The Balaban J connectivity index is 0.000000364. The minimum atomic E-state index is -1.29. The number of fused-ring (bicyclic) bond motifs is 1. The molecule has 2 atom stereocenters. The Morgan fingerprint density at radius 2 is 1.68 bits per heavy atom. The minimum Gasteiger partial charge on any atom is -0.493 e. The number of carboxylic acids is 2. The molecule has 1 unspecified atom stereocenters. The Bertz CT molecular complexity index is 1080. The van der Waals surface area contributed by atoms with Crippen LogP contribution in [0.3, 0.4) is 0 Å². The molecule has 1 aliphatic heterocycles. The van der Waals surface area contributed by atoms with Crippen LogP contribution in [0.15, 0.2) is 42.5 Å². The molecule has 4 rings (SSSR count). The maximum Gasteiger partial charge on any atom is 0.321 e. The lowest BCUT2D eigenvalue weighted by Crippen LogP contribution is -2.34. The molecule has 0 amide bonds. The highest BCUT2D eigenvalue weighted by atomic mass is 16.5. The van der Waals surface area contributed by atoms with Crippen LogP contribution in [0.4, 0.5) is 0 Å². The predicted molar refractivity (Wildman–Crippen MR) is 138 cm³/mol. The second-order valence-electron chi connectivity index (χ2n) is 9.61. The molecule has 2 aromatic carbocycles. The number of methoxy groups -OCH3 is 2. The maximum atomic E-state index is 12.9. The van der Waals surface area contributed by atoms with Crippen molar-refractivity contribution < 1.29 is 34.1 Å². The van der Waals surface area contributed by atoms with E-state index in [4.69, 9.17) is 25.4 Å². The van der Waals surface area contributed by atoms with Crippen LogP contribution in [0, 0.1) is 11.8 Å². The number of ketones is 1. The van der Waals surface area contributed by atoms with Crippen molar-refractivity contribution in [3.63, 3.8) is 0 Å². The van der Waals surface area contributed by atoms with Gasteiger partial charge in [0.25, 0.3) is 0 Å². The van der Waals surface area contributed by atoms with Crippen LogP contribution in [0.25, 0.3) is 0 Å². The number of ether oxygens (including phenoxy) is 2. The van der Waals surface area contributed by atoms with Crippen molar-refractivity contribution in [2.75, 3.05) is 27.3 Å². The average molecular weight is 513 g/mol. The van der Waals surface area contributed by atoms with E-state index in [-0.39, 0.29) is 11.7 Å². The molecule has 2 aliphatic rings. The molecule has 37 heavy (non-hydrogen) atoms. The molecule has 1 heterocycles. The van der Waals surface area contributed by atoms with Crippen molar-refractivity contribution in [3.8, 4) is 11.5 Å². The van der Waals surface area contributed by atoms with Crippen LogP contribution in [0.5, 0.6) is 11.5 Å². The molecular formula is C28H36N2O7. The summed E-state index contributed by atoms with van der Waals surface area (Å²) in [5, 5.41) is 16.0. The number of aliphatic carboxylic acids is 2. The summed E-state index contributed by atoms with van der Waals surface area (Å²) < 4.78 is 10.8. The zero-order chi connectivity index (χ0) is 26.9. The topological polar surface area (TPSA) is 139 Å². The number of hydrogen-bond acceptors (Lipinski definition) is 7. The number of nitrogens with zero attached hydrogens (tertiary/aromatic N) is 1. The first-order chi connectivity index (χ1) is 17.7. The van der Waals surface area contributed by atoms with Gasteiger partial charge in [-0.15, -0.1) is 0 Å². The van der Waals surface area contributed by atoms with Gasteiger partial charge in [0.2, 0.25) is 0 Å². The van der Waals surface area contributed by atoms with Crippen LogP contribution in [-0.4, -0.2) is 66.2 Å². The second kappa shape index (κ2) is 13.2. The van der Waals surface area contributed by atoms with Gasteiger partial charge in [0.05, 0.1) is 20.6 Å². The van der Waals surface area contributed by atoms with Crippen molar-refractivity contribution in [2.24, 2.45) is 17.6 Å². The fourth-order valence-corrected chi connectivity index (χ4v) is 4.99. The van der Waals surface area contributed by atoms with E-state index in [0.717, 1.165) is 43.6 Å². The SMILES string of the molecule is COc1cc2c(cc1OC)C(=O)C(CC1CCN(Cc3ccccc3)CC1)C2.N[C@@H](CC(=O)O)C(=O)O. The monoisotopic (exact) mass is 512 g/mol. The Morgan fingerprint density at radius 1 is 1.05 bits per heavy atom. The lowest BCUT2D eigenvalue weighted by molar-refractivity contribution is -0.144. The number of nitrogens with two attached hydrogens (primary N) is 1. The normalized spacial score (nSPS) is 18.4. The summed E-state index contributed by atoms with van der Waals surface area (Å²) in [6, 6.07) is 13.2. The highest BCUT2D eigenvalue weighted by Crippen LogP contribution is 2.39. The van der Waals surface area contributed by atoms with Crippen molar-refractivity contribution in [1.82, 2.24) is 4.90 Å². The van der Waals surface area contributed by atoms with Gasteiger partial charge in [0.15, 0.2) is 17.3 Å². The van der Waals surface area contributed by atoms with E-state index in [9.17, 15) is 14.4 Å². The molecule has 0 saturated carbocycles. The predicted octanol–water partition coefficient (Wildman–Crippen LogP) is 3.23. The molecule has 1 aliphatic carbocycles. The van der Waals surface area contributed by atoms with Crippen LogP contribution in [-0.2, 0) is 22.6 Å². The molecule has 2 aromatic rings. The number of Topliss-reactive ketones (excluding diaryl/α,β-unsaturated/α-hetero) is 1. The summed E-state index contributed by atoms with van der Waals surface area (Å²) in [6.07, 6.45) is 3.66. The van der Waals surface area contributed by atoms with E-state index in [2.05, 4.69) is 35.2 Å². The molecule has 0 radical (unpaired) electrons. The van der Waals surface area contributed by atoms with Crippen molar-refractivity contribution in [2.45, 2.75) is 44.7 Å². The number of benzene rings is 2. The Kier molecular flexibility index (Phi) is 10.0.